The molecule has 4 heterocycles. The average Bonchev–Trinajstić information content (AvgIpc) is 3.37. The molecule has 2 aromatic rings. The zero-order valence-electron chi connectivity index (χ0n) is 15.9. The van der Waals surface area contributed by atoms with Gasteiger partial charge < -0.3 is 9.80 Å². The zero-order chi connectivity index (χ0) is 18.6. The minimum absolute atomic E-state index is 0.117. The molecule has 2 saturated heterocycles. The van der Waals surface area contributed by atoms with Gasteiger partial charge in [0, 0.05) is 45.5 Å². The number of amides is 1. The number of aromatic nitrogens is 2. The summed E-state index contributed by atoms with van der Waals surface area (Å²) >= 11 is 1.46. The molecule has 0 saturated carbocycles. The van der Waals surface area contributed by atoms with E-state index in [0.29, 0.717) is 0 Å². The molecule has 0 atom stereocenters. The Kier molecular flexibility index (Phi) is 5.80. The van der Waals surface area contributed by atoms with Gasteiger partial charge in [0.25, 0.3) is 5.91 Å². The molecule has 0 bridgehead atoms. The second-order valence-electron chi connectivity index (χ2n) is 7.33. The maximum absolute atomic E-state index is 13.0. The Balaban J connectivity index is 1.33. The maximum Gasteiger partial charge on any atom is 0.265 e. The number of hydrogen-bond donors (Lipinski definition) is 0. The minimum Gasteiger partial charge on any atom is -0.335 e. The molecule has 6 nitrogen and oxygen atoms in total. The number of likely N-dealkylation sites (tertiary alicyclic amines) is 1. The van der Waals surface area contributed by atoms with E-state index in [9.17, 15) is 4.79 Å². The molecular weight excluding hydrogens is 358 g/mol. The van der Waals surface area contributed by atoms with E-state index >= 15 is 0 Å². The average molecular weight is 386 g/mol. The summed E-state index contributed by atoms with van der Waals surface area (Å²) in [5.41, 5.74) is 1.64. The van der Waals surface area contributed by atoms with Crippen LogP contribution < -0.4 is 0 Å². The van der Waals surface area contributed by atoms with E-state index in [1.54, 1.807) is 6.20 Å². The highest BCUT2D eigenvalue weighted by Crippen LogP contribution is 2.27. The van der Waals surface area contributed by atoms with Crippen molar-refractivity contribution >= 4 is 17.2 Å². The molecule has 0 N–H and O–H groups in total. The van der Waals surface area contributed by atoms with Crippen LogP contribution in [0.2, 0.25) is 0 Å². The summed E-state index contributed by atoms with van der Waals surface area (Å²) in [7, 11) is 0. The van der Waals surface area contributed by atoms with Gasteiger partial charge in [0.15, 0.2) is 0 Å². The van der Waals surface area contributed by atoms with Gasteiger partial charge in [0.05, 0.1) is 11.4 Å². The summed E-state index contributed by atoms with van der Waals surface area (Å²) < 4.78 is 0. The number of pyridine rings is 1. The van der Waals surface area contributed by atoms with Gasteiger partial charge in [-0.2, -0.15) is 0 Å². The van der Waals surface area contributed by atoms with Crippen LogP contribution in [-0.2, 0) is 0 Å². The number of hydrogen-bond acceptors (Lipinski definition) is 6. The molecule has 0 spiro atoms. The van der Waals surface area contributed by atoms with Gasteiger partial charge in [-0.3, -0.25) is 14.7 Å². The van der Waals surface area contributed by atoms with E-state index in [-0.39, 0.29) is 5.91 Å². The number of rotatable bonds is 5. The third kappa shape index (κ3) is 4.36. The van der Waals surface area contributed by atoms with Crippen LogP contribution in [0.5, 0.6) is 0 Å². The first-order chi connectivity index (χ1) is 13.2. The summed E-state index contributed by atoms with van der Waals surface area (Å²) in [6.07, 6.45) is 4.45. The lowest BCUT2D eigenvalue weighted by molar-refractivity contribution is 0.0630. The predicted molar refractivity (Wildman–Crippen MR) is 108 cm³/mol. The minimum atomic E-state index is 0.117. The fourth-order valence-corrected chi connectivity index (χ4v) is 4.81. The molecule has 4 rings (SSSR count). The molecular formula is C20H27N5OS. The molecule has 2 aliphatic rings. The van der Waals surface area contributed by atoms with Crippen molar-refractivity contribution < 1.29 is 4.79 Å². The smallest absolute Gasteiger partial charge is 0.265 e. The molecule has 2 aliphatic heterocycles. The van der Waals surface area contributed by atoms with Crippen LogP contribution in [0, 0.1) is 6.92 Å². The van der Waals surface area contributed by atoms with E-state index in [1.165, 1.54) is 37.3 Å². The SMILES string of the molecule is Cc1nc(-c2ccccn2)sc1C(=O)N1CCN(CCN2CCCC2)CC1. The molecule has 0 aliphatic carbocycles. The monoisotopic (exact) mass is 385 g/mol. The molecule has 2 aromatic heterocycles. The Labute approximate surface area is 164 Å². The van der Waals surface area contributed by atoms with E-state index in [2.05, 4.69) is 19.8 Å². The second kappa shape index (κ2) is 8.46. The predicted octanol–water partition coefficient (Wildman–Crippen LogP) is 2.37. The van der Waals surface area contributed by atoms with Gasteiger partial charge in [-0.1, -0.05) is 6.07 Å². The fourth-order valence-electron chi connectivity index (χ4n) is 3.80. The van der Waals surface area contributed by atoms with Crippen LogP contribution >= 0.6 is 11.3 Å². The van der Waals surface area contributed by atoms with Crippen molar-refractivity contribution in [2.75, 3.05) is 52.4 Å². The summed E-state index contributed by atoms with van der Waals surface area (Å²) in [6, 6.07) is 5.77. The molecule has 7 heteroatoms. The fraction of sp³-hybridized carbons (Fsp3) is 0.550. The largest absolute Gasteiger partial charge is 0.335 e. The van der Waals surface area contributed by atoms with E-state index in [4.69, 9.17) is 0 Å². The number of nitrogens with zero attached hydrogens (tertiary/aromatic N) is 5. The Bertz CT molecular complexity index is 764. The highest BCUT2D eigenvalue weighted by atomic mass is 32.1. The van der Waals surface area contributed by atoms with Crippen molar-refractivity contribution in [3.05, 3.63) is 35.0 Å². The molecule has 27 heavy (non-hydrogen) atoms. The maximum atomic E-state index is 13.0. The van der Waals surface area contributed by atoms with E-state index in [1.807, 2.05) is 30.0 Å². The van der Waals surface area contributed by atoms with Crippen LogP contribution in [0.25, 0.3) is 10.7 Å². The highest BCUT2D eigenvalue weighted by molar-refractivity contribution is 7.17. The number of carbonyl (C=O) groups excluding carboxylic acids is 1. The Morgan fingerprint density at radius 2 is 1.74 bits per heavy atom. The van der Waals surface area contributed by atoms with Crippen molar-refractivity contribution in [2.45, 2.75) is 19.8 Å². The first kappa shape index (κ1) is 18.5. The lowest BCUT2D eigenvalue weighted by atomic mass is 10.2. The number of piperazine rings is 1. The molecule has 0 aromatic carbocycles. The van der Waals surface area contributed by atoms with Crippen LogP contribution in [-0.4, -0.2) is 82.9 Å². The highest BCUT2D eigenvalue weighted by Gasteiger charge is 2.26. The van der Waals surface area contributed by atoms with Gasteiger partial charge in [-0.15, -0.1) is 11.3 Å². The van der Waals surface area contributed by atoms with Gasteiger partial charge in [0.1, 0.15) is 9.88 Å². The van der Waals surface area contributed by atoms with E-state index < -0.39 is 0 Å². The van der Waals surface area contributed by atoms with Crippen molar-refractivity contribution in [3.63, 3.8) is 0 Å². The quantitative estimate of drug-likeness (QED) is 0.791. The van der Waals surface area contributed by atoms with Gasteiger partial charge >= 0.3 is 0 Å². The third-order valence-corrected chi connectivity index (χ3v) is 6.63. The number of thiazole rings is 1. The van der Waals surface area contributed by atoms with Crippen LogP contribution in [0.4, 0.5) is 0 Å². The molecule has 144 valence electrons. The van der Waals surface area contributed by atoms with Gasteiger partial charge in [-0.05, 0) is 45.0 Å². The zero-order valence-corrected chi connectivity index (χ0v) is 16.7. The molecule has 0 unspecified atom stereocenters. The number of carbonyl (C=O) groups is 1. The summed E-state index contributed by atoms with van der Waals surface area (Å²) in [4.78, 5) is 29.7. The topological polar surface area (TPSA) is 52.6 Å². The second-order valence-corrected chi connectivity index (χ2v) is 8.33. The Hall–Kier alpha value is -1.83. The normalized spacial score (nSPS) is 18.9. The standard InChI is InChI=1S/C20H27N5OS/c1-16-18(27-19(22-16)17-6-2-3-7-21-17)20(26)25-14-12-24(13-15-25)11-10-23-8-4-5-9-23/h2-3,6-7H,4-5,8-15H2,1H3. The van der Waals surface area contributed by atoms with Crippen molar-refractivity contribution in [3.8, 4) is 10.7 Å². The van der Waals surface area contributed by atoms with Crippen molar-refractivity contribution in [1.29, 1.82) is 0 Å². The summed E-state index contributed by atoms with van der Waals surface area (Å²) in [5.74, 6) is 0.117. The van der Waals surface area contributed by atoms with E-state index in [0.717, 1.165) is 60.5 Å². The summed E-state index contributed by atoms with van der Waals surface area (Å²) in [6.45, 7) is 10.2. The molecule has 0 radical (unpaired) electrons. The lowest BCUT2D eigenvalue weighted by Gasteiger charge is -2.35. The van der Waals surface area contributed by atoms with Crippen LogP contribution in [0.15, 0.2) is 24.4 Å². The molecule has 2 fully saturated rings. The van der Waals surface area contributed by atoms with Crippen molar-refractivity contribution in [2.24, 2.45) is 0 Å². The Morgan fingerprint density at radius 3 is 2.41 bits per heavy atom. The van der Waals surface area contributed by atoms with Crippen LogP contribution in [0.3, 0.4) is 0 Å². The first-order valence-electron chi connectivity index (χ1n) is 9.83. The Morgan fingerprint density at radius 1 is 1.04 bits per heavy atom. The summed E-state index contributed by atoms with van der Waals surface area (Å²) in [5, 5.41) is 0.820. The van der Waals surface area contributed by atoms with Crippen LogP contribution in [0.1, 0.15) is 28.2 Å². The first-order valence-corrected chi connectivity index (χ1v) is 10.6. The lowest BCUT2D eigenvalue weighted by Crippen LogP contribution is -2.50. The third-order valence-electron chi connectivity index (χ3n) is 5.47. The molecule has 1 amide bonds. The van der Waals surface area contributed by atoms with Gasteiger partial charge in [0.2, 0.25) is 0 Å². The van der Waals surface area contributed by atoms with Crippen molar-refractivity contribution in [1.82, 2.24) is 24.7 Å². The number of aryl methyl sites for hydroxylation is 1. The van der Waals surface area contributed by atoms with Gasteiger partial charge in [-0.25, -0.2) is 4.98 Å².